The Kier molecular flexibility index (Phi) is 3.89. The summed E-state index contributed by atoms with van der Waals surface area (Å²) < 4.78 is 0. The number of aromatic amines is 1. The number of benzene rings is 1. The van der Waals surface area contributed by atoms with Crippen molar-refractivity contribution in [2.75, 3.05) is 5.32 Å². The molecule has 0 spiro atoms. The summed E-state index contributed by atoms with van der Waals surface area (Å²) in [5, 5.41) is 3.78. The molecule has 0 aliphatic carbocycles. The van der Waals surface area contributed by atoms with E-state index in [0.29, 0.717) is 10.8 Å². The molecule has 2 aromatic rings. The summed E-state index contributed by atoms with van der Waals surface area (Å²) >= 11 is 11.8. The number of rotatable bonds is 3. The summed E-state index contributed by atoms with van der Waals surface area (Å²) in [5.41, 5.74) is 0.619. The highest BCUT2D eigenvalue weighted by Crippen LogP contribution is 2.22. The molecule has 2 rings (SSSR count). The van der Waals surface area contributed by atoms with Crippen LogP contribution in [0.25, 0.3) is 0 Å². The first kappa shape index (κ1) is 12.9. The largest absolute Gasteiger partial charge is 0.362 e. The monoisotopic (exact) mass is 283 g/mol. The van der Waals surface area contributed by atoms with E-state index in [1.807, 2.05) is 25.1 Å². The predicted molar refractivity (Wildman–Crippen MR) is 73.4 cm³/mol. The van der Waals surface area contributed by atoms with Crippen molar-refractivity contribution < 1.29 is 0 Å². The molecule has 0 bridgehead atoms. The molecular formula is C12H11Cl2N3O. The van der Waals surface area contributed by atoms with Gasteiger partial charge in [-0.25, -0.2) is 4.98 Å². The Morgan fingerprint density at radius 3 is 2.89 bits per heavy atom. The third kappa shape index (κ3) is 2.83. The molecule has 0 amide bonds. The molecule has 94 valence electrons. The third-order valence-electron chi connectivity index (χ3n) is 2.50. The van der Waals surface area contributed by atoms with E-state index in [2.05, 4.69) is 15.3 Å². The number of H-pyrrole nitrogens is 1. The Balaban J connectivity index is 2.24. The van der Waals surface area contributed by atoms with Crippen LogP contribution in [0.3, 0.4) is 0 Å². The average molecular weight is 284 g/mol. The van der Waals surface area contributed by atoms with Gasteiger partial charge in [0.2, 0.25) is 0 Å². The van der Waals surface area contributed by atoms with Crippen LogP contribution in [0.5, 0.6) is 0 Å². The molecule has 0 aliphatic heterocycles. The molecule has 0 fully saturated rings. The van der Waals surface area contributed by atoms with Crippen molar-refractivity contribution in [1.82, 2.24) is 9.97 Å². The molecule has 0 saturated carbocycles. The second-order valence-electron chi connectivity index (χ2n) is 3.82. The van der Waals surface area contributed by atoms with Crippen LogP contribution in [0.2, 0.25) is 10.0 Å². The van der Waals surface area contributed by atoms with Gasteiger partial charge in [0.1, 0.15) is 5.02 Å². The van der Waals surface area contributed by atoms with Gasteiger partial charge in [-0.15, -0.1) is 0 Å². The number of anilines is 1. The fourth-order valence-corrected chi connectivity index (χ4v) is 1.90. The Bertz CT molecular complexity index is 612. The highest BCUT2D eigenvalue weighted by Gasteiger charge is 2.10. The summed E-state index contributed by atoms with van der Waals surface area (Å²) in [6.45, 7) is 1.94. The maximum Gasteiger partial charge on any atom is 0.271 e. The quantitative estimate of drug-likeness (QED) is 0.909. The fraction of sp³-hybridized carbons (Fsp3) is 0.167. The van der Waals surface area contributed by atoms with E-state index in [1.54, 1.807) is 6.07 Å². The lowest BCUT2D eigenvalue weighted by molar-refractivity contribution is 0.870. The third-order valence-corrected chi connectivity index (χ3v) is 3.08. The van der Waals surface area contributed by atoms with Crippen LogP contribution in [0, 0.1) is 0 Å². The summed E-state index contributed by atoms with van der Waals surface area (Å²) in [4.78, 5) is 17.7. The average Bonchev–Trinajstić information content (AvgIpc) is 2.35. The van der Waals surface area contributed by atoms with Gasteiger partial charge in [0.05, 0.1) is 12.4 Å². The Labute approximate surface area is 114 Å². The van der Waals surface area contributed by atoms with Crippen molar-refractivity contribution in [3.63, 3.8) is 0 Å². The van der Waals surface area contributed by atoms with Gasteiger partial charge in [-0.3, -0.25) is 4.79 Å². The van der Waals surface area contributed by atoms with Gasteiger partial charge in [-0.1, -0.05) is 35.3 Å². The molecule has 0 radical (unpaired) electrons. The molecule has 4 nitrogen and oxygen atoms in total. The highest BCUT2D eigenvalue weighted by atomic mass is 35.5. The summed E-state index contributed by atoms with van der Waals surface area (Å²) in [6, 6.07) is 7.39. The summed E-state index contributed by atoms with van der Waals surface area (Å²) in [6.07, 6.45) is 1.31. The van der Waals surface area contributed by atoms with E-state index >= 15 is 0 Å². The lowest BCUT2D eigenvalue weighted by atomic mass is 10.1. The van der Waals surface area contributed by atoms with Crippen molar-refractivity contribution in [3.05, 3.63) is 56.6 Å². The second-order valence-corrected chi connectivity index (χ2v) is 4.63. The Morgan fingerprint density at radius 1 is 1.39 bits per heavy atom. The lowest BCUT2D eigenvalue weighted by Gasteiger charge is -2.15. The van der Waals surface area contributed by atoms with Crippen LogP contribution in [-0.4, -0.2) is 9.97 Å². The van der Waals surface area contributed by atoms with Gasteiger partial charge in [-0.2, -0.15) is 0 Å². The van der Waals surface area contributed by atoms with Gasteiger partial charge < -0.3 is 10.3 Å². The zero-order chi connectivity index (χ0) is 13.1. The molecule has 0 aliphatic rings. The minimum absolute atomic E-state index is 0.0476. The van der Waals surface area contributed by atoms with Crippen LogP contribution in [-0.2, 0) is 0 Å². The van der Waals surface area contributed by atoms with Crippen molar-refractivity contribution in [2.24, 2.45) is 0 Å². The lowest BCUT2D eigenvalue weighted by Crippen LogP contribution is -2.14. The van der Waals surface area contributed by atoms with Gasteiger partial charge in [-0.05, 0) is 24.6 Å². The Hall–Kier alpha value is -1.52. The number of aromatic nitrogens is 2. The topological polar surface area (TPSA) is 57.8 Å². The molecule has 2 N–H and O–H groups in total. The molecule has 6 heteroatoms. The van der Waals surface area contributed by atoms with Crippen LogP contribution in [0.1, 0.15) is 18.5 Å². The van der Waals surface area contributed by atoms with Gasteiger partial charge in [0, 0.05) is 5.02 Å². The van der Waals surface area contributed by atoms with Crippen LogP contribution in [0.15, 0.2) is 35.4 Å². The molecule has 0 saturated heterocycles. The zero-order valence-corrected chi connectivity index (χ0v) is 11.1. The summed E-state index contributed by atoms with van der Waals surface area (Å²) in [7, 11) is 0. The van der Waals surface area contributed by atoms with Gasteiger partial charge in [0.15, 0.2) is 5.82 Å². The SMILES string of the molecule is CC(Nc1nc[nH]c(=O)c1Cl)c1cccc(Cl)c1. The molecule has 18 heavy (non-hydrogen) atoms. The van der Waals surface area contributed by atoms with Crippen LogP contribution >= 0.6 is 23.2 Å². The predicted octanol–water partition coefficient (Wildman–Crippen LogP) is 3.25. The minimum atomic E-state index is -0.368. The second kappa shape index (κ2) is 5.42. The van der Waals surface area contributed by atoms with Crippen molar-refractivity contribution >= 4 is 29.0 Å². The standard InChI is InChI=1S/C12H11Cl2N3O/c1-7(8-3-2-4-9(13)5-8)17-11-10(14)12(18)16-6-15-11/h2-7H,1H3,(H2,15,16,17,18). The molecule has 1 heterocycles. The normalized spacial score (nSPS) is 12.2. The fourth-order valence-electron chi connectivity index (χ4n) is 1.55. The van der Waals surface area contributed by atoms with E-state index in [-0.39, 0.29) is 16.6 Å². The van der Waals surface area contributed by atoms with Crippen LogP contribution < -0.4 is 10.9 Å². The molecular weight excluding hydrogens is 273 g/mol. The number of hydrogen-bond acceptors (Lipinski definition) is 3. The van der Waals surface area contributed by atoms with E-state index in [9.17, 15) is 4.79 Å². The van der Waals surface area contributed by atoms with Gasteiger partial charge in [0.25, 0.3) is 5.56 Å². The first-order chi connectivity index (χ1) is 8.58. The molecule has 1 unspecified atom stereocenters. The van der Waals surface area contributed by atoms with E-state index in [1.165, 1.54) is 6.33 Å². The molecule has 1 aromatic carbocycles. The zero-order valence-electron chi connectivity index (χ0n) is 9.58. The van der Waals surface area contributed by atoms with Crippen LogP contribution in [0.4, 0.5) is 5.82 Å². The number of nitrogens with one attached hydrogen (secondary N) is 2. The maximum atomic E-state index is 11.3. The molecule has 1 atom stereocenters. The first-order valence-electron chi connectivity index (χ1n) is 5.33. The van der Waals surface area contributed by atoms with E-state index in [0.717, 1.165) is 5.56 Å². The Morgan fingerprint density at radius 2 is 2.17 bits per heavy atom. The minimum Gasteiger partial charge on any atom is -0.362 e. The van der Waals surface area contributed by atoms with Crippen molar-refractivity contribution in [3.8, 4) is 0 Å². The maximum absolute atomic E-state index is 11.3. The van der Waals surface area contributed by atoms with Gasteiger partial charge >= 0.3 is 0 Å². The van der Waals surface area contributed by atoms with E-state index < -0.39 is 0 Å². The number of hydrogen-bond donors (Lipinski definition) is 2. The van der Waals surface area contributed by atoms with E-state index in [4.69, 9.17) is 23.2 Å². The van der Waals surface area contributed by atoms with Crippen molar-refractivity contribution in [1.29, 1.82) is 0 Å². The number of nitrogens with zero attached hydrogens (tertiary/aromatic N) is 1. The smallest absolute Gasteiger partial charge is 0.271 e. The number of halogens is 2. The van der Waals surface area contributed by atoms with Crippen molar-refractivity contribution in [2.45, 2.75) is 13.0 Å². The first-order valence-corrected chi connectivity index (χ1v) is 6.08. The highest BCUT2D eigenvalue weighted by molar-refractivity contribution is 6.32. The summed E-state index contributed by atoms with van der Waals surface area (Å²) in [5.74, 6) is 0.355. The molecule has 1 aromatic heterocycles.